The summed E-state index contributed by atoms with van der Waals surface area (Å²) in [5.41, 5.74) is 1.70. The lowest BCUT2D eigenvalue weighted by Gasteiger charge is -2.34. The van der Waals surface area contributed by atoms with Gasteiger partial charge in [0.25, 0.3) is 5.91 Å². The monoisotopic (exact) mass is 441 g/mol. The lowest BCUT2D eigenvalue weighted by molar-refractivity contribution is 0.0761. The fraction of sp³-hybridized carbons (Fsp3) is 0.458. The van der Waals surface area contributed by atoms with Crippen molar-refractivity contribution in [3.05, 3.63) is 65.7 Å². The van der Waals surface area contributed by atoms with Crippen LogP contribution in [0, 0.1) is 0 Å². The number of benzene rings is 2. The summed E-state index contributed by atoms with van der Waals surface area (Å²) in [6, 6.07) is 16.8. The molecule has 2 heterocycles. The molecule has 1 amide bonds. The minimum Gasteiger partial charge on any atom is -0.339 e. The van der Waals surface area contributed by atoms with Gasteiger partial charge in [-0.05, 0) is 36.6 Å². The van der Waals surface area contributed by atoms with E-state index in [4.69, 9.17) is 0 Å². The number of likely N-dealkylation sites (tertiary alicyclic amines) is 1. The van der Waals surface area contributed by atoms with Crippen molar-refractivity contribution >= 4 is 15.9 Å². The fourth-order valence-electron chi connectivity index (χ4n) is 4.36. The van der Waals surface area contributed by atoms with Gasteiger partial charge < -0.3 is 4.90 Å². The van der Waals surface area contributed by atoms with Gasteiger partial charge in [-0.25, -0.2) is 8.42 Å². The quantitative estimate of drug-likeness (QED) is 0.715. The number of hydrogen-bond acceptors (Lipinski definition) is 4. The van der Waals surface area contributed by atoms with Gasteiger partial charge >= 0.3 is 0 Å². The van der Waals surface area contributed by atoms with Gasteiger partial charge in [-0.2, -0.15) is 4.31 Å². The number of carbonyl (C=O) groups excluding carboxylic acids is 1. The number of sulfonamides is 1. The molecule has 7 heteroatoms. The van der Waals surface area contributed by atoms with Crippen molar-refractivity contribution in [1.82, 2.24) is 14.1 Å². The average Bonchev–Trinajstić information content (AvgIpc) is 3.09. The third-order valence-corrected chi connectivity index (χ3v) is 8.09. The fourth-order valence-corrected chi connectivity index (χ4v) is 5.83. The largest absolute Gasteiger partial charge is 0.339 e. The first-order valence-corrected chi connectivity index (χ1v) is 12.6. The first-order valence-electron chi connectivity index (χ1n) is 11.2. The molecule has 0 atom stereocenters. The lowest BCUT2D eigenvalue weighted by Crippen LogP contribution is -2.48. The van der Waals surface area contributed by atoms with Crippen molar-refractivity contribution in [2.45, 2.75) is 37.1 Å². The maximum atomic E-state index is 13.2. The SMILES string of the molecule is O=C(c1cccc(S(=O)(=O)N2CCN(Cc3ccccc3)CC2)c1)N1CCCCCC1. The smallest absolute Gasteiger partial charge is 0.253 e. The van der Waals surface area contributed by atoms with Gasteiger partial charge in [-0.1, -0.05) is 49.2 Å². The average molecular weight is 442 g/mol. The molecule has 2 fully saturated rings. The number of rotatable bonds is 5. The first kappa shape index (κ1) is 22.0. The number of carbonyl (C=O) groups is 1. The number of amides is 1. The highest BCUT2D eigenvalue weighted by Crippen LogP contribution is 2.21. The second-order valence-corrected chi connectivity index (χ2v) is 10.3. The Labute approximate surface area is 185 Å². The summed E-state index contributed by atoms with van der Waals surface area (Å²) in [4.78, 5) is 17.3. The molecule has 166 valence electrons. The molecule has 0 spiro atoms. The molecule has 6 nitrogen and oxygen atoms in total. The number of piperazine rings is 1. The van der Waals surface area contributed by atoms with E-state index in [1.807, 2.05) is 23.1 Å². The lowest BCUT2D eigenvalue weighted by atomic mass is 10.2. The Morgan fingerprint density at radius 1 is 0.774 bits per heavy atom. The zero-order valence-electron chi connectivity index (χ0n) is 17.9. The summed E-state index contributed by atoms with van der Waals surface area (Å²) in [6.45, 7) is 4.63. The van der Waals surface area contributed by atoms with Gasteiger partial charge in [-0.3, -0.25) is 9.69 Å². The molecule has 31 heavy (non-hydrogen) atoms. The second kappa shape index (κ2) is 9.94. The second-order valence-electron chi connectivity index (χ2n) is 8.40. The topological polar surface area (TPSA) is 60.9 Å². The van der Waals surface area contributed by atoms with Crippen LogP contribution in [-0.4, -0.2) is 67.7 Å². The molecule has 4 rings (SSSR count). The molecule has 2 aromatic rings. The Morgan fingerprint density at radius 2 is 1.45 bits per heavy atom. The van der Waals surface area contributed by atoms with Crippen molar-refractivity contribution < 1.29 is 13.2 Å². The van der Waals surface area contributed by atoms with Crippen LogP contribution in [0.4, 0.5) is 0 Å². The van der Waals surface area contributed by atoms with Crippen molar-refractivity contribution in [3.8, 4) is 0 Å². The van der Waals surface area contributed by atoms with E-state index in [-0.39, 0.29) is 10.8 Å². The van der Waals surface area contributed by atoms with E-state index in [0.717, 1.165) is 45.3 Å². The summed E-state index contributed by atoms with van der Waals surface area (Å²) in [7, 11) is -3.62. The number of nitrogens with zero attached hydrogens (tertiary/aromatic N) is 3. The molecule has 0 aromatic heterocycles. The van der Waals surface area contributed by atoms with E-state index < -0.39 is 10.0 Å². The minimum atomic E-state index is -3.62. The zero-order chi connectivity index (χ0) is 21.7. The Morgan fingerprint density at radius 3 is 2.13 bits per heavy atom. The molecule has 2 aliphatic heterocycles. The van der Waals surface area contributed by atoms with Crippen molar-refractivity contribution in [3.63, 3.8) is 0 Å². The summed E-state index contributed by atoms with van der Waals surface area (Å²) in [5, 5.41) is 0. The van der Waals surface area contributed by atoms with Crippen LogP contribution >= 0.6 is 0 Å². The highest BCUT2D eigenvalue weighted by Gasteiger charge is 2.29. The van der Waals surface area contributed by atoms with E-state index in [0.29, 0.717) is 31.7 Å². The summed E-state index contributed by atoms with van der Waals surface area (Å²) in [5.74, 6) is -0.0633. The van der Waals surface area contributed by atoms with Crippen LogP contribution in [-0.2, 0) is 16.6 Å². The van der Waals surface area contributed by atoms with Gasteiger partial charge in [0.15, 0.2) is 0 Å². The minimum absolute atomic E-state index is 0.0633. The Bertz CT molecular complexity index is 978. The molecule has 0 saturated carbocycles. The summed E-state index contributed by atoms with van der Waals surface area (Å²) >= 11 is 0. The van der Waals surface area contributed by atoms with Gasteiger partial charge in [0.1, 0.15) is 0 Å². The highest BCUT2D eigenvalue weighted by molar-refractivity contribution is 7.89. The van der Waals surface area contributed by atoms with Crippen LogP contribution in [0.15, 0.2) is 59.5 Å². The Balaban J connectivity index is 1.42. The van der Waals surface area contributed by atoms with E-state index in [1.165, 1.54) is 5.56 Å². The van der Waals surface area contributed by atoms with Crippen LogP contribution < -0.4 is 0 Å². The first-order chi connectivity index (χ1) is 15.0. The van der Waals surface area contributed by atoms with E-state index >= 15 is 0 Å². The maximum absolute atomic E-state index is 13.2. The van der Waals surface area contributed by atoms with Crippen molar-refractivity contribution in [2.75, 3.05) is 39.3 Å². The number of hydrogen-bond donors (Lipinski definition) is 0. The highest BCUT2D eigenvalue weighted by atomic mass is 32.2. The predicted molar refractivity (Wildman–Crippen MR) is 121 cm³/mol. The molecule has 0 N–H and O–H groups in total. The predicted octanol–water partition coefficient (Wildman–Crippen LogP) is 3.21. The normalized spacial score (nSPS) is 19.2. The molecule has 2 aromatic carbocycles. The van der Waals surface area contributed by atoms with Crippen molar-refractivity contribution in [2.24, 2.45) is 0 Å². The zero-order valence-corrected chi connectivity index (χ0v) is 18.8. The van der Waals surface area contributed by atoms with E-state index in [2.05, 4.69) is 17.0 Å². The Hall–Kier alpha value is -2.22. The van der Waals surface area contributed by atoms with Crippen LogP contribution in [0.5, 0.6) is 0 Å². The van der Waals surface area contributed by atoms with Gasteiger partial charge in [0.2, 0.25) is 10.0 Å². The molecular formula is C24H31N3O3S. The van der Waals surface area contributed by atoms with E-state index in [1.54, 1.807) is 28.6 Å². The summed E-state index contributed by atoms with van der Waals surface area (Å²) in [6.07, 6.45) is 4.32. The Kier molecular flexibility index (Phi) is 7.05. The van der Waals surface area contributed by atoms with Gasteiger partial charge in [0.05, 0.1) is 4.90 Å². The third-order valence-electron chi connectivity index (χ3n) is 6.19. The van der Waals surface area contributed by atoms with Crippen LogP contribution in [0.2, 0.25) is 0 Å². The van der Waals surface area contributed by atoms with Crippen LogP contribution in [0.1, 0.15) is 41.6 Å². The molecule has 0 aliphatic carbocycles. The van der Waals surface area contributed by atoms with Crippen LogP contribution in [0.25, 0.3) is 0 Å². The van der Waals surface area contributed by atoms with Gasteiger partial charge in [-0.15, -0.1) is 0 Å². The molecular weight excluding hydrogens is 410 g/mol. The third kappa shape index (κ3) is 5.34. The van der Waals surface area contributed by atoms with Crippen LogP contribution in [0.3, 0.4) is 0 Å². The van der Waals surface area contributed by atoms with Crippen molar-refractivity contribution in [1.29, 1.82) is 0 Å². The molecule has 0 unspecified atom stereocenters. The molecule has 0 bridgehead atoms. The molecule has 2 aliphatic rings. The molecule has 0 radical (unpaired) electrons. The summed E-state index contributed by atoms with van der Waals surface area (Å²) < 4.78 is 28.0. The molecule has 2 saturated heterocycles. The van der Waals surface area contributed by atoms with E-state index in [9.17, 15) is 13.2 Å². The maximum Gasteiger partial charge on any atom is 0.253 e. The van der Waals surface area contributed by atoms with Gasteiger partial charge in [0, 0.05) is 51.4 Å². The standard InChI is InChI=1S/C24H31N3O3S/c28-24(26-13-6-1-2-7-14-26)22-11-8-12-23(19-22)31(29,30)27-17-15-25(16-18-27)20-21-9-4-3-5-10-21/h3-5,8-12,19H,1-2,6-7,13-18,20H2.